The highest BCUT2D eigenvalue weighted by molar-refractivity contribution is 7.99. The van der Waals surface area contributed by atoms with Crippen molar-refractivity contribution in [3.05, 3.63) is 65.5 Å². The van der Waals surface area contributed by atoms with Crippen molar-refractivity contribution in [2.75, 3.05) is 5.32 Å². The number of amides is 1. The fourth-order valence-electron chi connectivity index (χ4n) is 2.23. The summed E-state index contributed by atoms with van der Waals surface area (Å²) in [4.78, 5) is 12.6. The molecule has 0 aliphatic rings. The first-order valence-corrected chi connectivity index (χ1v) is 8.72. The van der Waals surface area contributed by atoms with Crippen molar-refractivity contribution in [2.45, 2.75) is 24.9 Å². The Morgan fingerprint density at radius 1 is 1.25 bits per heavy atom. The SMILES string of the molecule is CC(C)C(SCc1ccccc1)C(=O)Nc1ccc(F)c(C#N)c1. The van der Waals surface area contributed by atoms with E-state index in [9.17, 15) is 9.18 Å². The van der Waals surface area contributed by atoms with Gasteiger partial charge >= 0.3 is 0 Å². The van der Waals surface area contributed by atoms with Gasteiger partial charge in [0.15, 0.2) is 0 Å². The number of benzene rings is 2. The summed E-state index contributed by atoms with van der Waals surface area (Å²) in [7, 11) is 0. The Labute approximate surface area is 145 Å². The molecule has 124 valence electrons. The Hall–Kier alpha value is -2.32. The summed E-state index contributed by atoms with van der Waals surface area (Å²) in [6, 6.07) is 15.8. The van der Waals surface area contributed by atoms with Crippen LogP contribution in [0.2, 0.25) is 0 Å². The zero-order valence-corrected chi connectivity index (χ0v) is 14.4. The average molecular weight is 342 g/mol. The Bertz CT molecular complexity index is 741. The number of rotatable bonds is 6. The van der Waals surface area contributed by atoms with Gasteiger partial charge in [0.05, 0.1) is 10.8 Å². The van der Waals surface area contributed by atoms with Crippen molar-refractivity contribution in [3.8, 4) is 6.07 Å². The van der Waals surface area contributed by atoms with Gasteiger partial charge in [0.25, 0.3) is 0 Å². The number of nitriles is 1. The summed E-state index contributed by atoms with van der Waals surface area (Å²) in [5, 5.41) is 11.4. The quantitative estimate of drug-likeness (QED) is 0.835. The summed E-state index contributed by atoms with van der Waals surface area (Å²) < 4.78 is 13.4. The number of anilines is 1. The van der Waals surface area contributed by atoms with Crippen molar-refractivity contribution in [2.24, 2.45) is 5.92 Å². The predicted molar refractivity (Wildman–Crippen MR) is 96.1 cm³/mol. The van der Waals surface area contributed by atoms with E-state index in [1.165, 1.54) is 18.2 Å². The molecular weight excluding hydrogens is 323 g/mol. The first-order chi connectivity index (χ1) is 11.5. The minimum Gasteiger partial charge on any atom is -0.325 e. The topological polar surface area (TPSA) is 52.9 Å². The monoisotopic (exact) mass is 342 g/mol. The van der Waals surface area contributed by atoms with Crippen molar-refractivity contribution in [1.82, 2.24) is 0 Å². The largest absolute Gasteiger partial charge is 0.325 e. The van der Waals surface area contributed by atoms with E-state index in [0.29, 0.717) is 5.69 Å². The van der Waals surface area contributed by atoms with Crippen LogP contribution in [0.25, 0.3) is 0 Å². The van der Waals surface area contributed by atoms with Crippen LogP contribution >= 0.6 is 11.8 Å². The second-order valence-electron chi connectivity index (χ2n) is 5.76. The van der Waals surface area contributed by atoms with Crippen LogP contribution in [0.5, 0.6) is 0 Å². The number of carbonyl (C=O) groups excluding carboxylic acids is 1. The van der Waals surface area contributed by atoms with Gasteiger partial charge in [-0.2, -0.15) is 5.26 Å². The molecule has 2 rings (SSSR count). The second-order valence-corrected chi connectivity index (χ2v) is 6.89. The number of halogens is 1. The van der Waals surface area contributed by atoms with E-state index >= 15 is 0 Å². The van der Waals surface area contributed by atoms with E-state index in [1.54, 1.807) is 17.8 Å². The number of hydrogen-bond acceptors (Lipinski definition) is 3. The van der Waals surface area contributed by atoms with E-state index in [2.05, 4.69) is 5.32 Å². The lowest BCUT2D eigenvalue weighted by Crippen LogP contribution is -2.29. The van der Waals surface area contributed by atoms with Crippen LogP contribution in [0, 0.1) is 23.1 Å². The van der Waals surface area contributed by atoms with Crippen LogP contribution in [-0.4, -0.2) is 11.2 Å². The van der Waals surface area contributed by atoms with Crippen molar-refractivity contribution < 1.29 is 9.18 Å². The summed E-state index contributed by atoms with van der Waals surface area (Å²) >= 11 is 1.57. The minimum atomic E-state index is -0.589. The molecule has 1 N–H and O–H groups in total. The molecule has 5 heteroatoms. The maximum Gasteiger partial charge on any atom is 0.237 e. The summed E-state index contributed by atoms with van der Waals surface area (Å²) in [6.45, 7) is 3.99. The molecule has 2 aromatic carbocycles. The first-order valence-electron chi connectivity index (χ1n) is 7.67. The van der Waals surface area contributed by atoms with Crippen LogP contribution in [0.15, 0.2) is 48.5 Å². The first kappa shape index (κ1) is 18.0. The van der Waals surface area contributed by atoms with Gasteiger partial charge in [0.1, 0.15) is 11.9 Å². The van der Waals surface area contributed by atoms with E-state index < -0.39 is 5.82 Å². The lowest BCUT2D eigenvalue weighted by Gasteiger charge is -2.20. The highest BCUT2D eigenvalue weighted by Crippen LogP contribution is 2.25. The third-order valence-corrected chi connectivity index (χ3v) is 5.11. The smallest absolute Gasteiger partial charge is 0.237 e. The van der Waals surface area contributed by atoms with Gasteiger partial charge in [-0.15, -0.1) is 11.8 Å². The Morgan fingerprint density at radius 2 is 1.96 bits per heavy atom. The second kappa shape index (κ2) is 8.51. The molecule has 0 aliphatic heterocycles. The third kappa shape index (κ3) is 4.84. The van der Waals surface area contributed by atoms with Gasteiger partial charge in [0.2, 0.25) is 5.91 Å². The Morgan fingerprint density at radius 3 is 2.58 bits per heavy atom. The maximum atomic E-state index is 13.4. The van der Waals surface area contributed by atoms with Gasteiger partial charge in [-0.1, -0.05) is 44.2 Å². The lowest BCUT2D eigenvalue weighted by molar-refractivity contribution is -0.116. The summed E-state index contributed by atoms with van der Waals surface area (Å²) in [5.74, 6) is 0.162. The predicted octanol–water partition coefficient (Wildman–Crippen LogP) is 4.59. The molecule has 2 aromatic rings. The number of nitrogens with one attached hydrogen (secondary N) is 1. The molecule has 0 saturated carbocycles. The molecule has 0 fully saturated rings. The Balaban J connectivity index is 2.05. The van der Waals surface area contributed by atoms with E-state index in [1.807, 2.05) is 44.2 Å². The molecular formula is C19H19FN2OS. The molecule has 0 saturated heterocycles. The van der Waals surface area contributed by atoms with Gasteiger partial charge in [-0.3, -0.25) is 4.79 Å². The molecule has 24 heavy (non-hydrogen) atoms. The third-order valence-electron chi connectivity index (χ3n) is 3.49. The van der Waals surface area contributed by atoms with Crippen molar-refractivity contribution >= 4 is 23.4 Å². The fraction of sp³-hybridized carbons (Fsp3) is 0.263. The van der Waals surface area contributed by atoms with Crippen LogP contribution in [-0.2, 0) is 10.5 Å². The molecule has 0 radical (unpaired) electrons. The fourth-order valence-corrected chi connectivity index (χ4v) is 3.39. The summed E-state index contributed by atoms with van der Waals surface area (Å²) in [5.41, 5.74) is 1.52. The molecule has 1 unspecified atom stereocenters. The van der Waals surface area contributed by atoms with Crippen molar-refractivity contribution in [3.63, 3.8) is 0 Å². The highest BCUT2D eigenvalue weighted by atomic mass is 32.2. The standard InChI is InChI=1S/C19H19FN2OS/c1-13(2)18(24-12-14-6-4-3-5-7-14)19(23)22-16-8-9-17(20)15(10-16)11-21/h3-10,13,18H,12H2,1-2H3,(H,22,23). The van der Waals surface area contributed by atoms with Gasteiger partial charge < -0.3 is 5.32 Å². The lowest BCUT2D eigenvalue weighted by atomic mass is 10.1. The van der Waals surface area contributed by atoms with Gasteiger partial charge in [-0.25, -0.2) is 4.39 Å². The molecule has 1 amide bonds. The number of hydrogen-bond donors (Lipinski definition) is 1. The van der Waals surface area contributed by atoms with Crippen molar-refractivity contribution in [1.29, 1.82) is 5.26 Å². The average Bonchev–Trinajstić information content (AvgIpc) is 2.57. The number of carbonyl (C=O) groups is 1. The van der Waals surface area contributed by atoms with Gasteiger partial charge in [0, 0.05) is 11.4 Å². The van der Waals surface area contributed by atoms with E-state index in [0.717, 1.165) is 11.3 Å². The molecule has 3 nitrogen and oxygen atoms in total. The van der Waals surface area contributed by atoms with Crippen LogP contribution in [0.1, 0.15) is 25.0 Å². The van der Waals surface area contributed by atoms with Crippen LogP contribution in [0.3, 0.4) is 0 Å². The zero-order valence-electron chi connectivity index (χ0n) is 13.6. The molecule has 0 aliphatic carbocycles. The van der Waals surface area contributed by atoms with E-state index in [-0.39, 0.29) is 22.6 Å². The van der Waals surface area contributed by atoms with Gasteiger partial charge in [-0.05, 0) is 29.7 Å². The van der Waals surface area contributed by atoms with Crippen LogP contribution in [0.4, 0.5) is 10.1 Å². The zero-order chi connectivity index (χ0) is 17.5. The normalized spacial score (nSPS) is 11.8. The molecule has 0 bridgehead atoms. The number of thioether (sulfide) groups is 1. The minimum absolute atomic E-state index is 0.0779. The molecule has 1 atom stereocenters. The maximum absolute atomic E-state index is 13.4. The summed E-state index contributed by atoms with van der Waals surface area (Å²) in [6.07, 6.45) is 0. The molecule has 0 heterocycles. The highest BCUT2D eigenvalue weighted by Gasteiger charge is 2.23. The van der Waals surface area contributed by atoms with E-state index in [4.69, 9.17) is 5.26 Å². The molecule has 0 aromatic heterocycles. The van der Waals surface area contributed by atoms with Crippen LogP contribution < -0.4 is 5.32 Å². The molecule has 0 spiro atoms. The number of nitrogens with zero attached hydrogens (tertiary/aromatic N) is 1. The Kier molecular flexibility index (Phi) is 6.39.